The Morgan fingerprint density at radius 3 is 2.53 bits per heavy atom. The van der Waals surface area contributed by atoms with Crippen LogP contribution in [-0.4, -0.2) is 29.1 Å². The molecule has 2 aromatic carbocycles. The smallest absolute Gasteiger partial charge is 0.132 e. The number of amidine groups is 1. The van der Waals surface area contributed by atoms with E-state index >= 15 is 0 Å². The Bertz CT molecular complexity index is 2580. The minimum Gasteiger partial charge on any atom is -0.365 e. The van der Waals surface area contributed by atoms with Gasteiger partial charge in [-0.15, -0.1) is 0 Å². The van der Waals surface area contributed by atoms with Crippen LogP contribution >= 0.6 is 0 Å². The summed E-state index contributed by atoms with van der Waals surface area (Å²) in [4.78, 5) is 8.13. The van der Waals surface area contributed by atoms with Crippen LogP contribution in [0.15, 0.2) is 203 Å². The van der Waals surface area contributed by atoms with Gasteiger partial charge in [0.15, 0.2) is 0 Å². The molecular weight excluding hydrogens is 757 g/mol. The largest absolute Gasteiger partial charge is 0.365 e. The van der Waals surface area contributed by atoms with Crippen molar-refractivity contribution in [1.29, 1.82) is 0 Å². The number of benzene rings is 2. The molecule has 7 aliphatic carbocycles. The number of rotatable bonds is 7. The second-order valence-electron chi connectivity index (χ2n) is 18.6. The third-order valence-corrected chi connectivity index (χ3v) is 15.0. The van der Waals surface area contributed by atoms with Crippen molar-refractivity contribution in [3.05, 3.63) is 221 Å². The summed E-state index contributed by atoms with van der Waals surface area (Å²) in [6, 6.07) is 18.0. The van der Waals surface area contributed by atoms with Gasteiger partial charge in [-0.25, -0.2) is 4.99 Å². The van der Waals surface area contributed by atoms with Gasteiger partial charge in [0, 0.05) is 52.2 Å². The van der Waals surface area contributed by atoms with Gasteiger partial charge in [-0.2, -0.15) is 0 Å². The van der Waals surface area contributed by atoms with Crippen LogP contribution in [0.4, 0.5) is 0 Å². The van der Waals surface area contributed by atoms with Crippen molar-refractivity contribution in [2.24, 2.45) is 34.6 Å². The molecule has 0 radical (unpaired) electrons. The first-order valence-corrected chi connectivity index (χ1v) is 23.4. The van der Waals surface area contributed by atoms with Gasteiger partial charge in [0.05, 0.1) is 18.4 Å². The van der Waals surface area contributed by atoms with Crippen molar-refractivity contribution in [2.45, 2.75) is 81.8 Å². The highest BCUT2D eigenvalue weighted by Gasteiger charge is 2.53. The standard InChI is InChI=1S/C57H56N4O/c1-5-17-37(18-6-1)40-23-15-24-41(35-40)42-31-32-44(48(36-42)57-59-55(38-19-7-2-8-20-38)58-56(60-57)39-21-9-3-10-22-39)45-28-16-29-47-53-51(62-54(45)47)34-33-50-52(53)46-27-13-14-30-49(46)61(50)43-25-11-4-12-26-43/h2-3,5,7-11,13-17,19-21,23-26,28-34,36-37,39,41,46-47,51,53-56,58H,1,4,6,12,18,22,27,35H2,(H,59,60)/t37?,39?,41?,46?,47?,51-,53?,54?,55?,56?/m1/s1. The van der Waals surface area contributed by atoms with Crippen LogP contribution in [0.2, 0.25) is 0 Å². The van der Waals surface area contributed by atoms with E-state index in [1.54, 1.807) is 11.1 Å². The fourth-order valence-electron chi connectivity index (χ4n) is 12.0. The van der Waals surface area contributed by atoms with Crippen molar-refractivity contribution in [3.8, 4) is 0 Å². The third kappa shape index (κ3) is 6.72. The maximum absolute atomic E-state index is 7.34. The third-order valence-electron chi connectivity index (χ3n) is 15.0. The number of hydrogen-bond donors (Lipinski definition) is 2. The van der Waals surface area contributed by atoms with Gasteiger partial charge in [0.25, 0.3) is 0 Å². The molecule has 0 bridgehead atoms. The van der Waals surface area contributed by atoms with Crippen LogP contribution in [0, 0.1) is 29.6 Å². The molecular formula is C57H56N4O. The first-order chi connectivity index (χ1) is 30.7. The molecule has 0 spiro atoms. The summed E-state index contributed by atoms with van der Waals surface area (Å²) in [5.41, 5.74) is 13.3. The fourth-order valence-corrected chi connectivity index (χ4v) is 12.0. The van der Waals surface area contributed by atoms with Crippen molar-refractivity contribution in [3.63, 3.8) is 0 Å². The predicted octanol–water partition coefficient (Wildman–Crippen LogP) is 11.9. The van der Waals surface area contributed by atoms with Gasteiger partial charge in [-0.1, -0.05) is 151 Å². The molecule has 9 unspecified atom stereocenters. The highest BCUT2D eigenvalue weighted by Crippen LogP contribution is 2.57. The molecule has 10 atom stereocenters. The quantitative estimate of drug-likeness (QED) is 0.274. The number of aliphatic imine (C=N–C) groups is 1. The summed E-state index contributed by atoms with van der Waals surface area (Å²) in [7, 11) is 0. The SMILES string of the molecule is C1=CCC2C(=C1)N(C1=CCCC=C1)C1=C2C2C3C=CC=C(c4ccc(C5C=CC=C(C6C=CCCC6)C5)cc4C4=NC(c5ccccc5)NC(C5C=CC=CC5)N4)C3O[C@@H]2C=C1. The van der Waals surface area contributed by atoms with E-state index in [0.29, 0.717) is 17.8 Å². The molecule has 0 saturated carbocycles. The van der Waals surface area contributed by atoms with E-state index in [9.17, 15) is 0 Å². The number of allylic oxidation sites excluding steroid dienone is 19. The van der Waals surface area contributed by atoms with Crippen LogP contribution in [-0.2, 0) is 4.74 Å². The van der Waals surface area contributed by atoms with Gasteiger partial charge >= 0.3 is 0 Å². The Hall–Kier alpha value is -5.75. The highest BCUT2D eigenvalue weighted by molar-refractivity contribution is 6.04. The lowest BCUT2D eigenvalue weighted by atomic mass is 9.70. The predicted molar refractivity (Wildman–Crippen MR) is 252 cm³/mol. The summed E-state index contributed by atoms with van der Waals surface area (Å²) < 4.78 is 7.34. The van der Waals surface area contributed by atoms with E-state index in [-0.39, 0.29) is 42.3 Å². The molecule has 1 saturated heterocycles. The highest BCUT2D eigenvalue weighted by atomic mass is 16.5. The molecule has 12 rings (SSSR count). The molecule has 3 aliphatic heterocycles. The normalized spacial score (nSPS) is 33.8. The number of ether oxygens (including phenoxy) is 1. The van der Waals surface area contributed by atoms with Gasteiger partial charge in [0.2, 0.25) is 0 Å². The lowest BCUT2D eigenvalue weighted by Crippen LogP contribution is -2.54. The first kappa shape index (κ1) is 38.0. The van der Waals surface area contributed by atoms with E-state index in [0.717, 1.165) is 43.5 Å². The van der Waals surface area contributed by atoms with Gasteiger partial charge in [0.1, 0.15) is 12.0 Å². The Morgan fingerprint density at radius 2 is 1.66 bits per heavy atom. The van der Waals surface area contributed by atoms with Crippen LogP contribution in [0.5, 0.6) is 0 Å². The average Bonchev–Trinajstić information content (AvgIpc) is 3.91. The van der Waals surface area contributed by atoms with Gasteiger partial charge < -0.3 is 15.0 Å². The minimum atomic E-state index is -0.184. The van der Waals surface area contributed by atoms with Crippen LogP contribution in [0.3, 0.4) is 0 Å². The number of nitrogens with one attached hydrogen (secondary N) is 2. The summed E-state index contributed by atoms with van der Waals surface area (Å²) in [5.74, 6) is 2.92. The Kier molecular flexibility index (Phi) is 9.91. The minimum absolute atomic E-state index is 0.00733. The van der Waals surface area contributed by atoms with E-state index in [2.05, 4.69) is 186 Å². The van der Waals surface area contributed by atoms with Crippen molar-refractivity contribution < 1.29 is 4.74 Å². The monoisotopic (exact) mass is 812 g/mol. The average molecular weight is 813 g/mol. The molecule has 310 valence electrons. The number of hydrogen-bond acceptors (Lipinski definition) is 5. The maximum atomic E-state index is 7.34. The molecule has 62 heavy (non-hydrogen) atoms. The summed E-state index contributed by atoms with van der Waals surface area (Å²) in [6.07, 6.45) is 55.5. The van der Waals surface area contributed by atoms with E-state index in [1.807, 2.05) is 0 Å². The Labute approximate surface area is 367 Å². The molecule has 0 amide bonds. The first-order valence-electron chi connectivity index (χ1n) is 23.4. The molecule has 3 heterocycles. The number of nitrogens with zero attached hydrogens (tertiary/aromatic N) is 2. The number of fused-ring (bicyclic) bond motifs is 6. The molecule has 2 aromatic rings. The van der Waals surface area contributed by atoms with Crippen molar-refractivity contribution >= 4 is 11.4 Å². The zero-order chi connectivity index (χ0) is 41.0. The lowest BCUT2D eigenvalue weighted by Gasteiger charge is -2.37. The van der Waals surface area contributed by atoms with Crippen LogP contribution in [0.1, 0.15) is 85.7 Å². The Morgan fingerprint density at radius 1 is 0.726 bits per heavy atom. The summed E-state index contributed by atoms with van der Waals surface area (Å²) in [5, 5.41) is 7.90. The van der Waals surface area contributed by atoms with E-state index < -0.39 is 0 Å². The second-order valence-corrected chi connectivity index (χ2v) is 18.6. The van der Waals surface area contributed by atoms with Crippen molar-refractivity contribution in [1.82, 2.24) is 15.5 Å². The van der Waals surface area contributed by atoms with Crippen LogP contribution < -0.4 is 10.6 Å². The molecule has 1 fully saturated rings. The zero-order valence-electron chi connectivity index (χ0n) is 35.4. The molecule has 10 aliphatic rings. The topological polar surface area (TPSA) is 48.9 Å². The Balaban J connectivity index is 0.941. The second kappa shape index (κ2) is 16.2. The summed E-state index contributed by atoms with van der Waals surface area (Å²) >= 11 is 0. The van der Waals surface area contributed by atoms with Gasteiger partial charge in [-0.3, -0.25) is 5.32 Å². The lowest BCUT2D eigenvalue weighted by molar-refractivity contribution is 0.0924. The molecule has 0 aromatic heterocycles. The zero-order valence-corrected chi connectivity index (χ0v) is 35.4. The molecule has 5 heteroatoms. The van der Waals surface area contributed by atoms with Crippen molar-refractivity contribution in [2.75, 3.05) is 0 Å². The summed E-state index contributed by atoms with van der Waals surface area (Å²) in [6.45, 7) is 0. The van der Waals surface area contributed by atoms with E-state index in [4.69, 9.17) is 9.73 Å². The van der Waals surface area contributed by atoms with Gasteiger partial charge in [-0.05, 0) is 109 Å². The maximum Gasteiger partial charge on any atom is 0.132 e. The fraction of sp³-hybridized carbons (Fsp3) is 0.316. The molecule has 5 nitrogen and oxygen atoms in total. The van der Waals surface area contributed by atoms with Crippen LogP contribution in [0.25, 0.3) is 5.57 Å². The van der Waals surface area contributed by atoms with E-state index in [1.165, 1.54) is 58.6 Å². The molecule has 2 N–H and O–H groups in total.